The minimum absolute atomic E-state index is 0.233. The fourth-order valence-corrected chi connectivity index (χ4v) is 4.05. The molecule has 0 bridgehead atoms. The Morgan fingerprint density at radius 2 is 1.91 bits per heavy atom. The molecule has 2 heterocycles. The van der Waals surface area contributed by atoms with Crippen molar-refractivity contribution in [2.75, 3.05) is 19.8 Å². The number of benzene rings is 1. The zero-order chi connectivity index (χ0) is 25.6. The molecule has 1 aromatic heterocycles. The number of aromatic nitrogens is 2. The average Bonchev–Trinajstić information content (AvgIpc) is 3.19. The van der Waals surface area contributed by atoms with Crippen molar-refractivity contribution in [2.45, 2.75) is 53.1 Å². The van der Waals surface area contributed by atoms with Gasteiger partial charge in [-0.05, 0) is 37.2 Å². The van der Waals surface area contributed by atoms with Crippen LogP contribution in [0.3, 0.4) is 0 Å². The number of nitrogens with zero attached hydrogens (tertiary/aromatic N) is 2. The molecule has 1 aliphatic rings. The van der Waals surface area contributed by atoms with Gasteiger partial charge < -0.3 is 20.7 Å². The lowest BCUT2D eigenvalue weighted by atomic mass is 9.86. The molecule has 9 nitrogen and oxygen atoms in total. The molecule has 0 saturated carbocycles. The van der Waals surface area contributed by atoms with E-state index in [4.69, 9.17) is 4.74 Å². The predicted octanol–water partition coefficient (Wildman–Crippen LogP) is 2.53. The Kier molecular flexibility index (Phi) is 8.48. The first kappa shape index (κ1) is 26.2. The van der Waals surface area contributed by atoms with Gasteiger partial charge in [0.15, 0.2) is 5.69 Å². The lowest BCUT2D eigenvalue weighted by Gasteiger charge is -2.30. The maximum atomic E-state index is 13.4. The third-order valence-electron chi connectivity index (χ3n) is 6.06. The molecule has 1 saturated heterocycles. The summed E-state index contributed by atoms with van der Waals surface area (Å²) < 4.78 is 7.34. The van der Waals surface area contributed by atoms with E-state index in [1.165, 1.54) is 0 Å². The predicted molar refractivity (Wildman–Crippen MR) is 133 cm³/mol. The molecule has 2 aromatic rings. The summed E-state index contributed by atoms with van der Waals surface area (Å²) in [6, 6.07) is 6.73. The number of hydrogen-bond acceptors (Lipinski definition) is 5. The van der Waals surface area contributed by atoms with Gasteiger partial charge in [-0.25, -0.2) is 0 Å². The number of para-hydroxylation sites is 1. The zero-order valence-electron chi connectivity index (χ0n) is 20.9. The van der Waals surface area contributed by atoms with Crippen molar-refractivity contribution in [1.82, 2.24) is 25.7 Å². The summed E-state index contributed by atoms with van der Waals surface area (Å²) in [5, 5.41) is 13.4. The van der Waals surface area contributed by atoms with Crippen LogP contribution in [0.5, 0.6) is 0 Å². The molecule has 1 aromatic carbocycles. The maximum Gasteiger partial charge on any atom is 0.273 e. The maximum absolute atomic E-state index is 13.4. The van der Waals surface area contributed by atoms with Crippen LogP contribution in [0, 0.1) is 11.3 Å². The van der Waals surface area contributed by atoms with Crippen molar-refractivity contribution < 1.29 is 19.1 Å². The second kappa shape index (κ2) is 11.3. The molecule has 0 spiro atoms. The van der Waals surface area contributed by atoms with Gasteiger partial charge in [-0.2, -0.15) is 5.10 Å². The quantitative estimate of drug-likeness (QED) is 0.502. The van der Waals surface area contributed by atoms with Crippen LogP contribution in [0.4, 0.5) is 0 Å². The Balaban J connectivity index is 1.77. The van der Waals surface area contributed by atoms with E-state index in [0.29, 0.717) is 18.2 Å². The highest BCUT2D eigenvalue weighted by atomic mass is 16.5. The number of ether oxygens (including phenoxy) is 1. The third-order valence-corrected chi connectivity index (χ3v) is 6.06. The zero-order valence-corrected chi connectivity index (χ0v) is 20.9. The van der Waals surface area contributed by atoms with Crippen molar-refractivity contribution in [1.29, 1.82) is 0 Å². The number of amides is 3. The van der Waals surface area contributed by atoms with Crippen LogP contribution in [0.1, 0.15) is 51.0 Å². The smallest absolute Gasteiger partial charge is 0.273 e. The highest BCUT2D eigenvalue weighted by molar-refractivity contribution is 6.06. The van der Waals surface area contributed by atoms with Crippen molar-refractivity contribution in [3.05, 3.63) is 48.0 Å². The fraction of sp³-hybridized carbons (Fsp3) is 0.500. The molecule has 1 atom stereocenters. The van der Waals surface area contributed by atoms with E-state index >= 15 is 0 Å². The summed E-state index contributed by atoms with van der Waals surface area (Å²) >= 11 is 0. The number of carbonyl (C=O) groups excluding carboxylic acids is 3. The molecule has 1 aliphatic heterocycles. The summed E-state index contributed by atoms with van der Waals surface area (Å²) in [5.74, 6) is -0.852. The number of rotatable bonds is 8. The Morgan fingerprint density at radius 1 is 1.23 bits per heavy atom. The molecule has 0 radical (unpaired) electrons. The summed E-state index contributed by atoms with van der Waals surface area (Å²) in [7, 11) is 0. The SMILES string of the molecule is C=C=C(C)NC(=O)CNC(=O)C(NC(=O)c1nn(CC2CCOCC2)c2ccccc12)C(C)(C)C. The van der Waals surface area contributed by atoms with Crippen molar-refractivity contribution in [3.8, 4) is 0 Å². The average molecular weight is 482 g/mol. The van der Waals surface area contributed by atoms with Crippen LogP contribution in [0.15, 0.2) is 42.3 Å². The lowest BCUT2D eigenvalue weighted by Crippen LogP contribution is -2.54. The summed E-state index contributed by atoms with van der Waals surface area (Å²) in [6.07, 6.45) is 1.91. The minimum Gasteiger partial charge on any atom is -0.381 e. The van der Waals surface area contributed by atoms with Gasteiger partial charge in [0, 0.05) is 25.1 Å². The molecule has 9 heteroatoms. The monoisotopic (exact) mass is 481 g/mol. The van der Waals surface area contributed by atoms with Gasteiger partial charge in [-0.3, -0.25) is 19.1 Å². The first-order valence-electron chi connectivity index (χ1n) is 11.9. The number of fused-ring (bicyclic) bond motifs is 1. The van der Waals surface area contributed by atoms with Crippen molar-refractivity contribution in [2.24, 2.45) is 11.3 Å². The van der Waals surface area contributed by atoms with E-state index in [0.717, 1.165) is 37.0 Å². The molecule has 35 heavy (non-hydrogen) atoms. The molecular formula is C26H35N5O4. The summed E-state index contributed by atoms with van der Waals surface area (Å²) in [6.45, 7) is 12.6. The standard InChI is InChI=1S/C26H35N5O4/c1-6-17(2)28-21(32)15-27-25(34)23(26(3,4)5)29-24(33)22-19-9-7-8-10-20(19)31(30-22)16-18-11-13-35-14-12-18/h7-10,18,23H,1,11-16H2,2-5H3,(H,27,34)(H,28,32)(H,29,33). The first-order valence-corrected chi connectivity index (χ1v) is 11.9. The summed E-state index contributed by atoms with van der Waals surface area (Å²) in [4.78, 5) is 38.4. The molecule has 188 valence electrons. The van der Waals surface area contributed by atoms with Gasteiger partial charge in [0.1, 0.15) is 6.04 Å². The molecular weight excluding hydrogens is 446 g/mol. The van der Waals surface area contributed by atoms with Gasteiger partial charge in [-0.15, -0.1) is 5.73 Å². The Hall–Kier alpha value is -3.42. The summed E-state index contributed by atoms with van der Waals surface area (Å²) in [5.41, 5.74) is 3.58. The van der Waals surface area contributed by atoms with E-state index in [9.17, 15) is 14.4 Å². The van der Waals surface area contributed by atoms with E-state index in [2.05, 4.69) is 33.4 Å². The fourth-order valence-electron chi connectivity index (χ4n) is 4.05. The van der Waals surface area contributed by atoms with Gasteiger partial charge in [-0.1, -0.05) is 45.5 Å². The molecule has 3 N–H and O–H groups in total. The largest absolute Gasteiger partial charge is 0.381 e. The van der Waals surface area contributed by atoms with Gasteiger partial charge in [0.2, 0.25) is 11.8 Å². The molecule has 1 fully saturated rings. The second-order valence-electron chi connectivity index (χ2n) is 9.94. The molecule has 3 rings (SSSR count). The highest BCUT2D eigenvalue weighted by Crippen LogP contribution is 2.24. The normalized spacial score (nSPS) is 15.2. The third kappa shape index (κ3) is 6.81. The van der Waals surface area contributed by atoms with Gasteiger partial charge >= 0.3 is 0 Å². The van der Waals surface area contributed by atoms with Gasteiger partial charge in [0.25, 0.3) is 5.91 Å². The number of nitrogens with one attached hydrogen (secondary N) is 3. The van der Waals surface area contributed by atoms with E-state index < -0.39 is 29.2 Å². The Bertz CT molecular complexity index is 1130. The number of carbonyl (C=O) groups is 3. The minimum atomic E-state index is -0.877. The lowest BCUT2D eigenvalue weighted by molar-refractivity contribution is -0.128. The molecule has 1 unspecified atom stereocenters. The van der Waals surface area contributed by atoms with Crippen molar-refractivity contribution in [3.63, 3.8) is 0 Å². The van der Waals surface area contributed by atoms with Crippen LogP contribution in [0.25, 0.3) is 10.9 Å². The van der Waals surface area contributed by atoms with Gasteiger partial charge in [0.05, 0.1) is 17.8 Å². The van der Waals surface area contributed by atoms with Crippen LogP contribution in [0.2, 0.25) is 0 Å². The van der Waals surface area contributed by atoms with Crippen LogP contribution >= 0.6 is 0 Å². The van der Waals surface area contributed by atoms with E-state index in [1.54, 1.807) is 6.92 Å². The second-order valence-corrected chi connectivity index (χ2v) is 9.94. The van der Waals surface area contributed by atoms with Crippen LogP contribution in [-0.4, -0.2) is 53.3 Å². The Morgan fingerprint density at radius 3 is 2.57 bits per heavy atom. The van der Waals surface area contributed by atoms with Crippen LogP contribution < -0.4 is 16.0 Å². The Labute approximate surface area is 206 Å². The number of allylic oxidation sites excluding steroid dienone is 1. The molecule has 0 aliphatic carbocycles. The number of hydrogen-bond donors (Lipinski definition) is 3. The highest BCUT2D eigenvalue weighted by Gasteiger charge is 2.34. The van der Waals surface area contributed by atoms with E-state index in [-0.39, 0.29) is 12.2 Å². The van der Waals surface area contributed by atoms with Crippen LogP contribution in [-0.2, 0) is 20.9 Å². The topological polar surface area (TPSA) is 114 Å². The molecule has 3 amide bonds. The van der Waals surface area contributed by atoms with E-state index in [1.807, 2.05) is 49.7 Å². The van der Waals surface area contributed by atoms with Crippen molar-refractivity contribution >= 4 is 28.6 Å². The first-order chi connectivity index (χ1) is 16.6.